The number of fused-ring (bicyclic) bond motifs is 1. The van der Waals surface area contributed by atoms with Crippen molar-refractivity contribution in [3.8, 4) is 0 Å². The molecule has 0 spiro atoms. The average molecular weight is 301 g/mol. The summed E-state index contributed by atoms with van der Waals surface area (Å²) in [7, 11) is 0. The SMILES string of the molecule is C[C@@H]1CN(c2n[nH]c(C3Cc4ccccc4S3)n2)CCN1. The molecule has 4 rings (SSSR count). The number of nitrogens with zero attached hydrogens (tertiary/aromatic N) is 3. The van der Waals surface area contributed by atoms with Gasteiger partial charge in [-0.1, -0.05) is 18.2 Å². The number of piperazine rings is 1. The molecule has 0 radical (unpaired) electrons. The molecule has 1 saturated heterocycles. The summed E-state index contributed by atoms with van der Waals surface area (Å²) in [5.41, 5.74) is 1.42. The van der Waals surface area contributed by atoms with Crippen LogP contribution in [0.2, 0.25) is 0 Å². The molecule has 1 aromatic carbocycles. The number of benzene rings is 1. The molecule has 0 saturated carbocycles. The minimum Gasteiger partial charge on any atom is -0.337 e. The van der Waals surface area contributed by atoms with Gasteiger partial charge in [0.1, 0.15) is 5.82 Å². The number of hydrogen-bond donors (Lipinski definition) is 2. The fourth-order valence-corrected chi connectivity index (χ4v) is 4.25. The average Bonchev–Trinajstić information content (AvgIpc) is 3.14. The quantitative estimate of drug-likeness (QED) is 0.888. The number of hydrogen-bond acceptors (Lipinski definition) is 5. The van der Waals surface area contributed by atoms with Crippen LogP contribution >= 0.6 is 11.8 Å². The van der Waals surface area contributed by atoms with Crippen LogP contribution in [0.4, 0.5) is 5.95 Å². The lowest BCUT2D eigenvalue weighted by molar-refractivity contribution is 0.479. The van der Waals surface area contributed by atoms with Crippen LogP contribution in [0, 0.1) is 0 Å². The van der Waals surface area contributed by atoms with Gasteiger partial charge >= 0.3 is 0 Å². The van der Waals surface area contributed by atoms with Gasteiger partial charge in [-0.3, -0.25) is 5.10 Å². The Morgan fingerprint density at radius 2 is 2.24 bits per heavy atom. The zero-order valence-corrected chi connectivity index (χ0v) is 12.9. The molecule has 1 aromatic heterocycles. The predicted molar refractivity (Wildman–Crippen MR) is 84.8 cm³/mol. The third kappa shape index (κ3) is 2.53. The third-order valence-corrected chi connectivity index (χ3v) is 5.42. The number of anilines is 1. The predicted octanol–water partition coefficient (Wildman–Crippen LogP) is 1.99. The Morgan fingerprint density at radius 1 is 1.33 bits per heavy atom. The highest BCUT2D eigenvalue weighted by Gasteiger charge is 2.27. The van der Waals surface area contributed by atoms with E-state index in [1.807, 2.05) is 11.8 Å². The van der Waals surface area contributed by atoms with E-state index >= 15 is 0 Å². The summed E-state index contributed by atoms with van der Waals surface area (Å²) in [5, 5.41) is 11.4. The lowest BCUT2D eigenvalue weighted by Gasteiger charge is -2.30. The molecule has 6 heteroatoms. The van der Waals surface area contributed by atoms with E-state index in [0.29, 0.717) is 11.3 Å². The van der Waals surface area contributed by atoms with Crippen molar-refractivity contribution in [2.45, 2.75) is 29.5 Å². The molecule has 3 heterocycles. The Morgan fingerprint density at radius 3 is 3.10 bits per heavy atom. The van der Waals surface area contributed by atoms with Gasteiger partial charge in [0, 0.05) is 30.6 Å². The maximum absolute atomic E-state index is 4.74. The highest BCUT2D eigenvalue weighted by molar-refractivity contribution is 7.99. The molecule has 0 bridgehead atoms. The van der Waals surface area contributed by atoms with E-state index in [-0.39, 0.29) is 0 Å². The molecule has 2 aliphatic rings. The van der Waals surface area contributed by atoms with Crippen LogP contribution < -0.4 is 10.2 Å². The van der Waals surface area contributed by atoms with Crippen LogP contribution in [0.1, 0.15) is 23.6 Å². The molecular weight excluding hydrogens is 282 g/mol. The van der Waals surface area contributed by atoms with Gasteiger partial charge in [-0.2, -0.15) is 4.98 Å². The van der Waals surface area contributed by atoms with Crippen LogP contribution in [-0.4, -0.2) is 40.9 Å². The minimum absolute atomic E-state index is 0.365. The second-order valence-electron chi connectivity index (χ2n) is 5.74. The highest BCUT2D eigenvalue weighted by atomic mass is 32.2. The van der Waals surface area contributed by atoms with Gasteiger partial charge in [0.2, 0.25) is 5.95 Å². The number of aromatic amines is 1. The number of aromatic nitrogens is 3. The first-order valence-electron chi connectivity index (χ1n) is 7.45. The topological polar surface area (TPSA) is 56.8 Å². The molecule has 21 heavy (non-hydrogen) atoms. The molecule has 0 aliphatic carbocycles. The third-order valence-electron chi connectivity index (χ3n) is 4.09. The standard InChI is InChI=1S/C15H19N5S/c1-10-9-20(7-6-16-10)15-17-14(18-19-15)13-8-11-4-2-3-5-12(11)21-13/h2-5,10,13,16H,6-9H2,1H3,(H,17,18,19)/t10-,13?/m1/s1. The Balaban J connectivity index is 1.51. The zero-order valence-electron chi connectivity index (χ0n) is 12.0. The number of rotatable bonds is 2. The largest absolute Gasteiger partial charge is 0.337 e. The summed E-state index contributed by atoms with van der Waals surface area (Å²) in [6, 6.07) is 9.09. The molecule has 0 amide bonds. The van der Waals surface area contributed by atoms with E-state index in [1.54, 1.807) is 0 Å². The van der Waals surface area contributed by atoms with Gasteiger partial charge in [0.15, 0.2) is 0 Å². The Hall–Kier alpha value is -1.53. The molecule has 5 nitrogen and oxygen atoms in total. The molecule has 110 valence electrons. The zero-order chi connectivity index (χ0) is 14.2. The maximum Gasteiger partial charge on any atom is 0.244 e. The monoisotopic (exact) mass is 301 g/mol. The number of H-pyrrole nitrogens is 1. The summed E-state index contributed by atoms with van der Waals surface area (Å²) in [4.78, 5) is 8.37. The van der Waals surface area contributed by atoms with E-state index in [2.05, 4.69) is 51.6 Å². The highest BCUT2D eigenvalue weighted by Crippen LogP contribution is 2.45. The van der Waals surface area contributed by atoms with Crippen molar-refractivity contribution in [1.29, 1.82) is 0 Å². The number of nitrogens with one attached hydrogen (secondary N) is 2. The maximum atomic E-state index is 4.74. The smallest absolute Gasteiger partial charge is 0.244 e. The van der Waals surface area contributed by atoms with E-state index < -0.39 is 0 Å². The molecule has 2 atom stereocenters. The van der Waals surface area contributed by atoms with E-state index in [9.17, 15) is 0 Å². The van der Waals surface area contributed by atoms with Gasteiger partial charge in [-0.05, 0) is 25.0 Å². The molecule has 2 N–H and O–H groups in total. The lowest BCUT2D eigenvalue weighted by atomic mass is 10.1. The Labute approximate surface area is 128 Å². The first kappa shape index (κ1) is 13.2. The van der Waals surface area contributed by atoms with Crippen molar-refractivity contribution < 1.29 is 0 Å². The van der Waals surface area contributed by atoms with Crippen molar-refractivity contribution in [1.82, 2.24) is 20.5 Å². The van der Waals surface area contributed by atoms with Gasteiger partial charge < -0.3 is 10.2 Å². The van der Waals surface area contributed by atoms with Crippen molar-refractivity contribution in [2.75, 3.05) is 24.5 Å². The van der Waals surface area contributed by atoms with E-state index in [0.717, 1.165) is 37.8 Å². The van der Waals surface area contributed by atoms with Gasteiger partial charge in [0.25, 0.3) is 0 Å². The van der Waals surface area contributed by atoms with Crippen molar-refractivity contribution >= 4 is 17.7 Å². The summed E-state index contributed by atoms with van der Waals surface area (Å²) in [6.45, 7) is 5.13. The van der Waals surface area contributed by atoms with Crippen molar-refractivity contribution in [3.05, 3.63) is 35.7 Å². The van der Waals surface area contributed by atoms with Crippen LogP contribution in [0.25, 0.3) is 0 Å². The van der Waals surface area contributed by atoms with Crippen molar-refractivity contribution in [2.24, 2.45) is 0 Å². The molecule has 2 aliphatic heterocycles. The Kier molecular flexibility index (Phi) is 3.35. The van der Waals surface area contributed by atoms with Crippen LogP contribution in [0.5, 0.6) is 0 Å². The van der Waals surface area contributed by atoms with E-state index in [4.69, 9.17) is 4.98 Å². The Bertz CT molecular complexity index is 615. The fourth-order valence-electron chi connectivity index (χ4n) is 3.00. The minimum atomic E-state index is 0.365. The molecular formula is C15H19N5S. The normalized spacial score (nSPS) is 25.1. The number of thioether (sulfide) groups is 1. The van der Waals surface area contributed by atoms with Gasteiger partial charge in [-0.15, -0.1) is 16.9 Å². The first-order chi connectivity index (χ1) is 10.3. The molecule has 1 fully saturated rings. The van der Waals surface area contributed by atoms with E-state index in [1.165, 1.54) is 10.5 Å². The first-order valence-corrected chi connectivity index (χ1v) is 8.33. The summed E-state index contributed by atoms with van der Waals surface area (Å²) >= 11 is 1.89. The summed E-state index contributed by atoms with van der Waals surface area (Å²) in [6.07, 6.45) is 1.04. The van der Waals surface area contributed by atoms with Crippen LogP contribution in [-0.2, 0) is 6.42 Å². The summed E-state index contributed by atoms with van der Waals surface area (Å²) < 4.78 is 0. The molecule has 1 unspecified atom stereocenters. The van der Waals surface area contributed by atoms with Gasteiger partial charge in [-0.25, -0.2) is 0 Å². The van der Waals surface area contributed by atoms with Gasteiger partial charge in [0.05, 0.1) is 5.25 Å². The second-order valence-corrected chi connectivity index (χ2v) is 6.98. The lowest BCUT2D eigenvalue weighted by Crippen LogP contribution is -2.49. The second kappa shape index (κ2) is 5.35. The molecule has 2 aromatic rings. The van der Waals surface area contributed by atoms with Crippen LogP contribution in [0.15, 0.2) is 29.2 Å². The summed E-state index contributed by atoms with van der Waals surface area (Å²) in [5.74, 6) is 1.84. The fraction of sp³-hybridized carbons (Fsp3) is 0.467. The van der Waals surface area contributed by atoms with Crippen molar-refractivity contribution in [3.63, 3.8) is 0 Å². The van der Waals surface area contributed by atoms with Crippen LogP contribution in [0.3, 0.4) is 0 Å².